The number of fused-ring (bicyclic) bond motifs is 6. The first-order valence-corrected chi connectivity index (χ1v) is 26.6. The summed E-state index contributed by atoms with van der Waals surface area (Å²) in [6.45, 7) is 0. The molecule has 0 unspecified atom stereocenters. The van der Waals surface area contributed by atoms with Gasteiger partial charge in [0.25, 0.3) is 0 Å². The molecule has 1 aliphatic heterocycles. The Kier molecular flexibility index (Phi) is 9.44. The first kappa shape index (κ1) is 38.3. The van der Waals surface area contributed by atoms with Gasteiger partial charge in [-0.15, -0.1) is 0 Å². The van der Waals surface area contributed by atoms with Crippen molar-refractivity contribution in [1.29, 1.82) is 0 Å². The van der Waals surface area contributed by atoms with Crippen LogP contribution in [0.4, 0.5) is 0 Å². The molecule has 0 bridgehead atoms. The fourth-order valence-electron chi connectivity index (χ4n) is 10.6. The number of rotatable bonds is 8. The quantitative estimate of drug-likeness (QED) is 0.114. The van der Waals surface area contributed by atoms with Gasteiger partial charge in [0.2, 0.25) is 0 Å². The standard InChI is InChI=1S/C58H41N3SSi2/c1-5-22-44(23-6-1)63(45-24-7-2-8-25-45,48-30-17-20-42(40-48)51-33-15-16-38-59-51)49-31-18-21-43(41-49)61-52-36-37-54-57(56(52)50-32-19-39-60-58(50)61)64(46-26-9-3-10-27-46,47-28-11-4-12-29-47)55-35-14-13-34-53(55)62-54/h1-41H. The van der Waals surface area contributed by atoms with E-state index in [1.807, 2.05) is 30.2 Å². The molecular formula is C58H41N3SSi2. The van der Waals surface area contributed by atoms with Crippen LogP contribution in [0.25, 0.3) is 38.9 Å². The SMILES string of the molecule is c1ccc([Si](c2ccccc2)(c2cccc(-c3ccccn3)c2)c2cccc(-n3c4ccc5c(c4c4cccnc43)[Si](c3ccccc3)(c3ccccc3)c3ccccc3S5)c2)cc1. The maximum Gasteiger partial charge on any atom is 0.182 e. The Labute approximate surface area is 379 Å². The highest BCUT2D eigenvalue weighted by Crippen LogP contribution is 2.39. The van der Waals surface area contributed by atoms with Crippen molar-refractivity contribution in [3.05, 3.63) is 249 Å². The average molecular weight is 868 g/mol. The number of nitrogens with zero attached hydrogens (tertiary/aromatic N) is 3. The summed E-state index contributed by atoms with van der Waals surface area (Å²) in [6.07, 6.45) is 3.83. The van der Waals surface area contributed by atoms with Crippen LogP contribution in [0.5, 0.6) is 0 Å². The van der Waals surface area contributed by atoms with E-state index in [0.717, 1.165) is 28.1 Å². The summed E-state index contributed by atoms with van der Waals surface area (Å²) in [4.78, 5) is 12.7. The molecule has 302 valence electrons. The van der Waals surface area contributed by atoms with Crippen molar-refractivity contribution in [3.63, 3.8) is 0 Å². The Morgan fingerprint density at radius 3 is 1.72 bits per heavy atom. The van der Waals surface area contributed by atoms with E-state index in [-0.39, 0.29) is 0 Å². The van der Waals surface area contributed by atoms with E-state index in [9.17, 15) is 0 Å². The van der Waals surface area contributed by atoms with Crippen molar-refractivity contribution in [3.8, 4) is 16.9 Å². The molecule has 0 saturated heterocycles. The van der Waals surface area contributed by atoms with Gasteiger partial charge in [-0.1, -0.05) is 194 Å². The van der Waals surface area contributed by atoms with Crippen molar-refractivity contribution in [2.24, 2.45) is 0 Å². The van der Waals surface area contributed by atoms with Crippen molar-refractivity contribution in [2.75, 3.05) is 0 Å². The van der Waals surface area contributed by atoms with Crippen LogP contribution in [0.3, 0.4) is 0 Å². The second kappa shape index (κ2) is 15.8. The highest BCUT2D eigenvalue weighted by Gasteiger charge is 2.49. The van der Waals surface area contributed by atoms with E-state index in [1.165, 1.54) is 62.1 Å². The van der Waals surface area contributed by atoms with Gasteiger partial charge in [-0.05, 0) is 96.1 Å². The molecule has 4 heterocycles. The lowest BCUT2D eigenvalue weighted by Crippen LogP contribution is -2.76. The second-order valence-corrected chi connectivity index (χ2v) is 25.0. The maximum absolute atomic E-state index is 5.27. The van der Waals surface area contributed by atoms with Gasteiger partial charge >= 0.3 is 0 Å². The molecule has 0 radical (unpaired) electrons. The third-order valence-electron chi connectivity index (χ3n) is 13.2. The van der Waals surface area contributed by atoms with Crippen LogP contribution in [0.15, 0.2) is 259 Å². The topological polar surface area (TPSA) is 30.7 Å². The smallest absolute Gasteiger partial charge is 0.182 e. The van der Waals surface area contributed by atoms with E-state index >= 15 is 0 Å². The molecule has 0 amide bonds. The van der Waals surface area contributed by atoms with Crippen molar-refractivity contribution < 1.29 is 0 Å². The first-order valence-electron chi connectivity index (χ1n) is 21.8. The molecule has 0 atom stereocenters. The van der Waals surface area contributed by atoms with Crippen LogP contribution in [-0.2, 0) is 0 Å². The maximum atomic E-state index is 5.27. The zero-order valence-corrected chi connectivity index (χ0v) is 37.7. The highest BCUT2D eigenvalue weighted by atomic mass is 32.2. The largest absolute Gasteiger partial charge is 0.294 e. The molecule has 3 nitrogen and oxygen atoms in total. The normalized spacial score (nSPS) is 13.1. The fourth-order valence-corrected chi connectivity index (χ4v) is 22.6. The lowest BCUT2D eigenvalue weighted by molar-refractivity contribution is 1.14. The van der Waals surface area contributed by atoms with Crippen LogP contribution >= 0.6 is 11.8 Å². The van der Waals surface area contributed by atoms with Crippen molar-refractivity contribution in [1.82, 2.24) is 14.5 Å². The van der Waals surface area contributed by atoms with Gasteiger partial charge in [-0.2, -0.15) is 0 Å². The van der Waals surface area contributed by atoms with E-state index in [2.05, 4.69) is 235 Å². The molecule has 0 fully saturated rings. The molecule has 1 aliphatic rings. The zero-order chi connectivity index (χ0) is 42.5. The van der Waals surface area contributed by atoms with Crippen molar-refractivity contribution >= 4 is 91.3 Å². The van der Waals surface area contributed by atoms with E-state index < -0.39 is 16.1 Å². The number of hydrogen-bond acceptors (Lipinski definition) is 3. The molecule has 8 aromatic carbocycles. The van der Waals surface area contributed by atoms with Crippen LogP contribution < -0.4 is 41.5 Å². The van der Waals surface area contributed by atoms with E-state index in [4.69, 9.17) is 9.97 Å². The lowest BCUT2D eigenvalue weighted by Gasteiger charge is -2.40. The molecule has 0 aliphatic carbocycles. The summed E-state index contributed by atoms with van der Waals surface area (Å²) in [7, 11) is -5.89. The second-order valence-electron chi connectivity index (χ2n) is 16.5. The number of aromatic nitrogens is 3. The van der Waals surface area contributed by atoms with Crippen LogP contribution in [-0.4, -0.2) is 30.7 Å². The third kappa shape index (κ3) is 5.87. The fraction of sp³-hybridized carbons (Fsp3) is 0. The van der Waals surface area contributed by atoms with Gasteiger partial charge in [-0.3, -0.25) is 9.55 Å². The van der Waals surface area contributed by atoms with Gasteiger partial charge in [0.1, 0.15) is 5.65 Å². The monoisotopic (exact) mass is 867 g/mol. The third-order valence-corrected chi connectivity index (χ3v) is 24.3. The van der Waals surface area contributed by atoms with Crippen LogP contribution in [0.2, 0.25) is 0 Å². The lowest BCUT2D eigenvalue weighted by atomic mass is 10.1. The number of hydrogen-bond donors (Lipinski definition) is 0. The Balaban J connectivity index is 1.17. The predicted octanol–water partition coefficient (Wildman–Crippen LogP) is 8.46. The summed E-state index contributed by atoms with van der Waals surface area (Å²) in [5, 5.41) is 13.3. The molecular weight excluding hydrogens is 827 g/mol. The van der Waals surface area contributed by atoms with Crippen molar-refractivity contribution in [2.45, 2.75) is 9.79 Å². The minimum atomic E-state index is -2.98. The van der Waals surface area contributed by atoms with Gasteiger partial charge in [0.05, 0.1) is 11.2 Å². The molecule has 0 spiro atoms. The summed E-state index contributed by atoms with van der Waals surface area (Å²) in [5.74, 6) is 0. The van der Waals surface area contributed by atoms with Gasteiger partial charge in [0, 0.05) is 44.2 Å². The van der Waals surface area contributed by atoms with Gasteiger partial charge < -0.3 is 0 Å². The minimum Gasteiger partial charge on any atom is -0.294 e. The molecule has 0 saturated carbocycles. The summed E-state index contributed by atoms with van der Waals surface area (Å²) >= 11 is 1.91. The summed E-state index contributed by atoms with van der Waals surface area (Å²) in [6, 6.07) is 88.0. The summed E-state index contributed by atoms with van der Waals surface area (Å²) < 4.78 is 2.44. The van der Waals surface area contributed by atoms with E-state index in [0.29, 0.717) is 0 Å². The average Bonchev–Trinajstić information content (AvgIpc) is 3.72. The first-order chi connectivity index (χ1) is 31.8. The van der Waals surface area contributed by atoms with E-state index in [1.54, 1.807) is 0 Å². The Hall–Kier alpha value is -7.36. The Bertz CT molecular complexity index is 3390. The zero-order valence-electron chi connectivity index (χ0n) is 34.9. The molecule has 6 heteroatoms. The summed E-state index contributed by atoms with van der Waals surface area (Å²) in [5.41, 5.74) is 5.29. The molecule has 0 N–H and O–H groups in total. The molecule has 12 rings (SSSR count). The van der Waals surface area contributed by atoms with Gasteiger partial charge in [-0.25, -0.2) is 4.98 Å². The predicted molar refractivity (Wildman–Crippen MR) is 273 cm³/mol. The molecule has 3 aromatic heterocycles. The van der Waals surface area contributed by atoms with Gasteiger partial charge in [0.15, 0.2) is 16.1 Å². The van der Waals surface area contributed by atoms with Crippen LogP contribution in [0.1, 0.15) is 0 Å². The molecule has 11 aromatic rings. The highest BCUT2D eigenvalue weighted by molar-refractivity contribution is 8.00. The minimum absolute atomic E-state index is 0.958. The Morgan fingerprint density at radius 2 is 1.03 bits per heavy atom. The van der Waals surface area contributed by atoms with Crippen LogP contribution in [0, 0.1) is 0 Å². The number of benzene rings is 8. The number of pyridine rings is 2. The molecule has 64 heavy (non-hydrogen) atoms. The Morgan fingerprint density at radius 1 is 0.438 bits per heavy atom.